The zero-order valence-corrected chi connectivity index (χ0v) is 19.1. The molecule has 2 aromatic heterocycles. The van der Waals surface area contributed by atoms with Crippen LogP contribution < -0.4 is 11.1 Å². The molecule has 0 radical (unpaired) electrons. The number of H-pyrrole nitrogens is 1. The number of nitrogens with zero attached hydrogens (tertiary/aromatic N) is 3. The van der Waals surface area contributed by atoms with E-state index in [-0.39, 0.29) is 12.0 Å². The summed E-state index contributed by atoms with van der Waals surface area (Å²) in [7, 11) is 2.21. The number of anilines is 2. The van der Waals surface area contributed by atoms with Crippen molar-refractivity contribution in [3.05, 3.63) is 46.8 Å². The van der Waals surface area contributed by atoms with Crippen LogP contribution in [-0.4, -0.2) is 38.7 Å². The highest BCUT2D eigenvalue weighted by Gasteiger charge is 2.28. The van der Waals surface area contributed by atoms with Crippen molar-refractivity contribution in [1.82, 2.24) is 19.9 Å². The van der Waals surface area contributed by atoms with Crippen LogP contribution in [0, 0.1) is 12.8 Å². The van der Waals surface area contributed by atoms with E-state index in [1.165, 1.54) is 16.8 Å². The van der Waals surface area contributed by atoms with Gasteiger partial charge in [-0.15, -0.1) is 0 Å². The van der Waals surface area contributed by atoms with Crippen LogP contribution in [-0.2, 0) is 17.8 Å². The number of hydrogen-bond donors (Lipinski definition) is 3. The maximum Gasteiger partial charge on any atom is 0.180 e. The van der Waals surface area contributed by atoms with E-state index in [1.807, 2.05) is 13.0 Å². The molecule has 32 heavy (non-hydrogen) atoms. The number of carbonyl (C=O) groups is 1. The predicted molar refractivity (Wildman–Crippen MR) is 127 cm³/mol. The number of pyridine rings is 1. The number of Topliss-reactive ketones (excluding diaryl/α,β-unsaturated/α-hetero) is 1. The first-order chi connectivity index (χ1) is 15.4. The van der Waals surface area contributed by atoms with E-state index in [2.05, 4.69) is 50.4 Å². The van der Waals surface area contributed by atoms with Gasteiger partial charge in [-0.2, -0.15) is 0 Å². The number of aromatic amines is 1. The topological polar surface area (TPSA) is 99.9 Å². The van der Waals surface area contributed by atoms with Gasteiger partial charge in [-0.25, -0.2) is 9.97 Å². The van der Waals surface area contributed by atoms with E-state index in [4.69, 9.17) is 5.73 Å². The average molecular weight is 433 g/mol. The molecule has 1 unspecified atom stereocenters. The second-order valence-electron chi connectivity index (χ2n) is 9.58. The van der Waals surface area contributed by atoms with Gasteiger partial charge < -0.3 is 16.0 Å². The van der Waals surface area contributed by atoms with E-state index in [9.17, 15) is 4.79 Å². The molecule has 1 aliphatic carbocycles. The fraction of sp³-hybridized carbons (Fsp3) is 0.480. The van der Waals surface area contributed by atoms with Crippen molar-refractivity contribution in [3.8, 4) is 0 Å². The highest BCUT2D eigenvalue weighted by molar-refractivity contribution is 5.79. The Balaban J connectivity index is 1.29. The fourth-order valence-electron chi connectivity index (χ4n) is 5.46. The molecule has 5 rings (SSSR count). The molecule has 4 N–H and O–H groups in total. The third kappa shape index (κ3) is 3.97. The Labute approximate surface area is 188 Å². The van der Waals surface area contributed by atoms with Crippen LogP contribution in [0.5, 0.6) is 0 Å². The van der Waals surface area contributed by atoms with Crippen LogP contribution in [0.3, 0.4) is 0 Å². The first kappa shape index (κ1) is 20.9. The van der Waals surface area contributed by atoms with Gasteiger partial charge in [-0.1, -0.05) is 12.1 Å². The first-order valence-corrected chi connectivity index (χ1v) is 11.6. The summed E-state index contributed by atoms with van der Waals surface area (Å²) in [5, 5.41) is 3.66. The lowest BCUT2D eigenvalue weighted by Gasteiger charge is -2.34. The number of benzene rings is 1. The lowest BCUT2D eigenvalue weighted by molar-refractivity contribution is -0.122. The third-order valence-corrected chi connectivity index (χ3v) is 7.26. The number of nitrogens with two attached hydrogens (primary N) is 1. The SMILES string of the molecule is CC(=O)C1CCC(N(C)Cc2ccc3c(c2)CC(c2cc(N)nc4nc(C)[nH]c24)N3)CC1. The van der Waals surface area contributed by atoms with Crippen LogP contribution in [0.4, 0.5) is 11.5 Å². The van der Waals surface area contributed by atoms with Crippen LogP contribution in [0.2, 0.25) is 0 Å². The first-order valence-electron chi connectivity index (χ1n) is 11.6. The van der Waals surface area contributed by atoms with Crippen molar-refractivity contribution >= 4 is 28.5 Å². The summed E-state index contributed by atoms with van der Waals surface area (Å²) in [4.78, 5) is 26.3. The number of fused-ring (bicyclic) bond motifs is 2. The van der Waals surface area contributed by atoms with Gasteiger partial charge in [0.05, 0.1) is 11.6 Å². The molecular weight excluding hydrogens is 400 g/mol. The molecule has 1 fully saturated rings. The predicted octanol–water partition coefficient (Wildman–Crippen LogP) is 4.14. The molecule has 1 saturated carbocycles. The van der Waals surface area contributed by atoms with Gasteiger partial charge in [-0.3, -0.25) is 9.69 Å². The minimum Gasteiger partial charge on any atom is -0.384 e. The zero-order valence-electron chi connectivity index (χ0n) is 19.1. The fourth-order valence-corrected chi connectivity index (χ4v) is 5.46. The van der Waals surface area contributed by atoms with Crippen molar-refractivity contribution in [2.45, 2.75) is 64.6 Å². The summed E-state index contributed by atoms with van der Waals surface area (Å²) >= 11 is 0. The number of ketones is 1. The Morgan fingerprint density at radius 2 is 1.97 bits per heavy atom. The van der Waals surface area contributed by atoms with Gasteiger partial charge in [0.1, 0.15) is 17.4 Å². The number of aromatic nitrogens is 3. The summed E-state index contributed by atoms with van der Waals surface area (Å²) in [5.74, 6) is 1.97. The molecule has 0 amide bonds. The molecule has 0 bridgehead atoms. The number of hydrogen-bond acceptors (Lipinski definition) is 6. The Morgan fingerprint density at radius 3 is 2.72 bits per heavy atom. The minimum atomic E-state index is 0.146. The highest BCUT2D eigenvalue weighted by atomic mass is 16.1. The molecule has 1 aliphatic heterocycles. The summed E-state index contributed by atoms with van der Waals surface area (Å²) in [6.45, 7) is 4.60. The van der Waals surface area contributed by atoms with Crippen molar-refractivity contribution in [1.29, 1.82) is 0 Å². The summed E-state index contributed by atoms with van der Waals surface area (Å²) in [5.41, 5.74) is 12.7. The normalized spacial score (nSPS) is 22.8. The van der Waals surface area contributed by atoms with Gasteiger partial charge in [0.15, 0.2) is 5.65 Å². The van der Waals surface area contributed by atoms with Gasteiger partial charge in [0, 0.05) is 29.8 Å². The molecule has 3 heterocycles. The Kier molecular flexibility index (Phi) is 5.37. The Bertz CT molecular complexity index is 1160. The highest BCUT2D eigenvalue weighted by Crippen LogP contribution is 2.37. The summed E-state index contributed by atoms with van der Waals surface area (Å²) in [6, 6.07) is 9.41. The maximum absolute atomic E-state index is 11.7. The molecule has 1 aromatic carbocycles. The second kappa shape index (κ2) is 8.20. The molecule has 0 spiro atoms. The molecule has 168 valence electrons. The van der Waals surface area contributed by atoms with Crippen LogP contribution >= 0.6 is 0 Å². The lowest BCUT2D eigenvalue weighted by atomic mass is 9.83. The Morgan fingerprint density at radius 1 is 1.19 bits per heavy atom. The van der Waals surface area contributed by atoms with Crippen molar-refractivity contribution < 1.29 is 4.79 Å². The molecule has 7 nitrogen and oxygen atoms in total. The van der Waals surface area contributed by atoms with Gasteiger partial charge in [0.25, 0.3) is 0 Å². The monoisotopic (exact) mass is 432 g/mol. The van der Waals surface area contributed by atoms with Crippen LogP contribution in [0.1, 0.15) is 61.2 Å². The number of nitrogen functional groups attached to an aromatic ring is 1. The smallest absolute Gasteiger partial charge is 0.180 e. The van der Waals surface area contributed by atoms with Crippen LogP contribution in [0.15, 0.2) is 24.3 Å². The van der Waals surface area contributed by atoms with Crippen LogP contribution in [0.25, 0.3) is 11.2 Å². The third-order valence-electron chi connectivity index (χ3n) is 7.26. The van der Waals surface area contributed by atoms with E-state index in [0.717, 1.165) is 55.6 Å². The number of carbonyl (C=O) groups excluding carboxylic acids is 1. The minimum absolute atomic E-state index is 0.146. The van der Waals surface area contributed by atoms with Gasteiger partial charge in [-0.05, 0) is 76.3 Å². The summed E-state index contributed by atoms with van der Waals surface area (Å²) in [6.07, 6.45) is 5.18. The summed E-state index contributed by atoms with van der Waals surface area (Å²) < 4.78 is 0. The Hall–Kier alpha value is -2.93. The second-order valence-corrected chi connectivity index (χ2v) is 9.58. The largest absolute Gasteiger partial charge is 0.384 e. The van der Waals surface area contributed by atoms with Gasteiger partial charge >= 0.3 is 0 Å². The standard InChI is InChI=1S/C25H32N6O/c1-14(32)17-5-7-19(8-6-17)31(3)13-16-4-9-21-18(10-16)11-22(29-21)20-12-23(26)30-25-24(20)27-15(2)28-25/h4,9-10,12,17,19,22,29H,5-8,11,13H2,1-3H3,(H3,26,27,28,30). The molecule has 7 heteroatoms. The van der Waals surface area contributed by atoms with E-state index < -0.39 is 0 Å². The van der Waals surface area contributed by atoms with Gasteiger partial charge in [0.2, 0.25) is 0 Å². The number of imidazole rings is 1. The number of nitrogens with one attached hydrogen (secondary N) is 2. The molecule has 1 atom stereocenters. The maximum atomic E-state index is 11.7. The number of aryl methyl sites for hydroxylation is 1. The number of rotatable bonds is 5. The quantitative estimate of drug-likeness (QED) is 0.560. The van der Waals surface area contributed by atoms with E-state index in [0.29, 0.717) is 23.3 Å². The molecular formula is C25H32N6O. The zero-order chi connectivity index (χ0) is 22.4. The van der Waals surface area contributed by atoms with Crippen molar-refractivity contribution in [2.75, 3.05) is 18.1 Å². The van der Waals surface area contributed by atoms with E-state index >= 15 is 0 Å². The molecule has 0 saturated heterocycles. The van der Waals surface area contributed by atoms with E-state index in [1.54, 1.807) is 6.92 Å². The molecule has 3 aromatic rings. The molecule has 2 aliphatic rings. The van der Waals surface area contributed by atoms with Crippen molar-refractivity contribution in [3.63, 3.8) is 0 Å². The average Bonchev–Trinajstić information content (AvgIpc) is 3.35. The lowest BCUT2D eigenvalue weighted by Crippen LogP contribution is -2.35. The van der Waals surface area contributed by atoms with Crippen molar-refractivity contribution in [2.24, 2.45) is 5.92 Å².